The average Bonchev–Trinajstić information content (AvgIpc) is 2.34. The van der Waals surface area contributed by atoms with Crippen molar-refractivity contribution in [3.63, 3.8) is 0 Å². The maximum atomic E-state index is 12.7. The molecule has 0 saturated carbocycles. The van der Waals surface area contributed by atoms with Gasteiger partial charge in [0.2, 0.25) is 5.28 Å². The van der Waals surface area contributed by atoms with Crippen LogP contribution in [0, 0.1) is 5.82 Å². The van der Waals surface area contributed by atoms with Gasteiger partial charge in [0.05, 0.1) is 30.3 Å². The second-order valence-electron chi connectivity index (χ2n) is 3.57. The van der Waals surface area contributed by atoms with Gasteiger partial charge in [-0.25, -0.2) is 19.3 Å². The Labute approximate surface area is 107 Å². The van der Waals surface area contributed by atoms with Crippen molar-refractivity contribution in [2.45, 2.75) is 13.0 Å². The van der Waals surface area contributed by atoms with Crippen LogP contribution in [0.25, 0.3) is 0 Å². The maximum Gasteiger partial charge on any atom is 0.224 e. The zero-order valence-corrected chi connectivity index (χ0v) is 10.2. The molecule has 0 amide bonds. The van der Waals surface area contributed by atoms with Crippen LogP contribution in [0.2, 0.25) is 5.28 Å². The van der Waals surface area contributed by atoms with E-state index in [1.807, 2.05) is 0 Å². The molecule has 0 radical (unpaired) electrons. The molecule has 0 aliphatic rings. The molecule has 0 unspecified atom stereocenters. The smallest absolute Gasteiger partial charge is 0.224 e. The molecule has 2 rings (SSSR count). The predicted octanol–water partition coefficient (Wildman–Crippen LogP) is 1.81. The lowest BCUT2D eigenvalue weighted by molar-refractivity contribution is 0.604. The summed E-state index contributed by atoms with van der Waals surface area (Å²) < 4.78 is 12.7. The van der Waals surface area contributed by atoms with E-state index in [2.05, 4.69) is 25.3 Å². The van der Waals surface area contributed by atoms with Crippen molar-refractivity contribution in [2.75, 3.05) is 11.1 Å². The third kappa shape index (κ3) is 2.80. The summed E-state index contributed by atoms with van der Waals surface area (Å²) in [4.78, 5) is 15.4. The van der Waals surface area contributed by atoms with Gasteiger partial charge in [0.25, 0.3) is 0 Å². The number of nitrogen functional groups attached to an aromatic ring is 1. The minimum atomic E-state index is -0.490. The van der Waals surface area contributed by atoms with Crippen molar-refractivity contribution in [2.24, 2.45) is 0 Å². The SMILES string of the molecule is C[C@@H](Nc1nc(Cl)ncc1N)c1ncc(F)cn1. The molecule has 18 heavy (non-hydrogen) atoms. The van der Waals surface area contributed by atoms with Gasteiger partial charge in [-0.1, -0.05) is 0 Å². The van der Waals surface area contributed by atoms with E-state index in [0.717, 1.165) is 12.4 Å². The maximum absolute atomic E-state index is 12.7. The van der Waals surface area contributed by atoms with Crippen LogP contribution in [0.4, 0.5) is 15.9 Å². The quantitative estimate of drug-likeness (QED) is 0.825. The largest absolute Gasteiger partial charge is 0.394 e. The number of nitrogens with zero attached hydrogens (tertiary/aromatic N) is 4. The summed E-state index contributed by atoms with van der Waals surface area (Å²) in [5.41, 5.74) is 6.05. The number of hydrogen-bond acceptors (Lipinski definition) is 6. The molecule has 3 N–H and O–H groups in total. The monoisotopic (exact) mass is 268 g/mol. The molecule has 0 aromatic carbocycles. The molecule has 2 aromatic rings. The van der Waals surface area contributed by atoms with Crippen LogP contribution >= 0.6 is 11.6 Å². The summed E-state index contributed by atoms with van der Waals surface area (Å²) in [6, 6.07) is -0.293. The highest BCUT2D eigenvalue weighted by Crippen LogP contribution is 2.20. The van der Waals surface area contributed by atoms with Gasteiger partial charge in [-0.15, -0.1) is 0 Å². The molecule has 0 fully saturated rings. The topological polar surface area (TPSA) is 89.6 Å². The van der Waals surface area contributed by atoms with Crippen LogP contribution in [0.3, 0.4) is 0 Å². The number of anilines is 2. The van der Waals surface area contributed by atoms with E-state index in [4.69, 9.17) is 17.3 Å². The van der Waals surface area contributed by atoms with E-state index in [9.17, 15) is 4.39 Å². The van der Waals surface area contributed by atoms with E-state index < -0.39 is 5.82 Å². The first-order valence-corrected chi connectivity index (χ1v) is 5.46. The summed E-state index contributed by atoms with van der Waals surface area (Å²) in [6.07, 6.45) is 3.59. The molecule has 0 spiro atoms. The molecule has 6 nitrogen and oxygen atoms in total. The van der Waals surface area contributed by atoms with E-state index in [-0.39, 0.29) is 11.3 Å². The molecule has 0 aliphatic carbocycles. The lowest BCUT2D eigenvalue weighted by Gasteiger charge is -2.14. The molecule has 2 heterocycles. The van der Waals surface area contributed by atoms with Gasteiger partial charge in [0.15, 0.2) is 11.6 Å². The molecular formula is C10H10ClFN6. The van der Waals surface area contributed by atoms with Crippen molar-refractivity contribution in [1.82, 2.24) is 19.9 Å². The number of nitrogens with two attached hydrogens (primary N) is 1. The first-order valence-electron chi connectivity index (χ1n) is 5.08. The van der Waals surface area contributed by atoms with Crippen LogP contribution in [0.15, 0.2) is 18.6 Å². The Kier molecular flexibility index (Phi) is 3.52. The second-order valence-corrected chi connectivity index (χ2v) is 3.91. The minimum Gasteiger partial charge on any atom is -0.394 e. The summed E-state index contributed by atoms with van der Waals surface area (Å²) in [5, 5.41) is 3.06. The van der Waals surface area contributed by atoms with Crippen molar-refractivity contribution in [3.8, 4) is 0 Å². The minimum absolute atomic E-state index is 0.0823. The zero-order valence-electron chi connectivity index (χ0n) is 9.43. The fourth-order valence-corrected chi connectivity index (χ4v) is 1.43. The van der Waals surface area contributed by atoms with Crippen molar-refractivity contribution in [1.29, 1.82) is 0 Å². The van der Waals surface area contributed by atoms with Crippen molar-refractivity contribution in [3.05, 3.63) is 35.5 Å². The van der Waals surface area contributed by atoms with Crippen LogP contribution < -0.4 is 11.1 Å². The normalized spacial score (nSPS) is 12.2. The molecule has 0 bridgehead atoms. The summed E-state index contributed by atoms with van der Waals surface area (Å²) in [7, 11) is 0. The molecule has 2 aromatic heterocycles. The average molecular weight is 269 g/mol. The Morgan fingerprint density at radius 3 is 2.61 bits per heavy atom. The van der Waals surface area contributed by atoms with E-state index in [0.29, 0.717) is 17.3 Å². The molecule has 0 saturated heterocycles. The standard InChI is InChI=1S/C10H10ClFN6/c1-5(8-14-2-6(12)3-15-8)17-9-7(13)4-16-10(11)18-9/h2-5H,13H2,1H3,(H,16,17,18)/t5-/m1/s1. The first kappa shape index (κ1) is 12.4. The summed E-state index contributed by atoms with van der Waals surface area (Å²) in [6.45, 7) is 1.79. The third-order valence-electron chi connectivity index (χ3n) is 2.17. The van der Waals surface area contributed by atoms with Crippen LogP contribution in [0.5, 0.6) is 0 Å². The molecule has 8 heteroatoms. The van der Waals surface area contributed by atoms with Gasteiger partial charge in [0.1, 0.15) is 5.82 Å². The van der Waals surface area contributed by atoms with Gasteiger partial charge in [-0.05, 0) is 18.5 Å². The third-order valence-corrected chi connectivity index (χ3v) is 2.35. The van der Waals surface area contributed by atoms with Gasteiger partial charge in [0, 0.05) is 0 Å². The van der Waals surface area contributed by atoms with Crippen molar-refractivity contribution >= 4 is 23.1 Å². The Bertz CT molecular complexity index is 547. The highest BCUT2D eigenvalue weighted by Gasteiger charge is 2.11. The molecular weight excluding hydrogens is 259 g/mol. The summed E-state index contributed by atoms with van der Waals surface area (Å²) >= 11 is 5.67. The van der Waals surface area contributed by atoms with Gasteiger partial charge in [-0.2, -0.15) is 4.98 Å². The van der Waals surface area contributed by atoms with Gasteiger partial charge in [-0.3, -0.25) is 0 Å². The fourth-order valence-electron chi connectivity index (χ4n) is 1.30. The molecule has 1 atom stereocenters. The Morgan fingerprint density at radius 1 is 1.28 bits per heavy atom. The predicted molar refractivity (Wildman–Crippen MR) is 65.5 cm³/mol. The number of nitrogens with one attached hydrogen (secondary N) is 1. The Hall–Kier alpha value is -2.02. The number of rotatable bonds is 3. The lowest BCUT2D eigenvalue weighted by Crippen LogP contribution is -2.13. The van der Waals surface area contributed by atoms with Crippen molar-refractivity contribution < 1.29 is 4.39 Å². The van der Waals surface area contributed by atoms with Crippen LogP contribution in [-0.2, 0) is 0 Å². The van der Waals surface area contributed by atoms with Crippen LogP contribution in [0.1, 0.15) is 18.8 Å². The Balaban J connectivity index is 2.18. The Morgan fingerprint density at radius 2 is 1.94 bits per heavy atom. The highest BCUT2D eigenvalue weighted by molar-refractivity contribution is 6.28. The van der Waals surface area contributed by atoms with Crippen LogP contribution in [-0.4, -0.2) is 19.9 Å². The second kappa shape index (κ2) is 5.09. The summed E-state index contributed by atoms with van der Waals surface area (Å²) in [5.74, 6) is 0.316. The molecule has 94 valence electrons. The lowest BCUT2D eigenvalue weighted by atomic mass is 10.3. The van der Waals surface area contributed by atoms with Gasteiger partial charge >= 0.3 is 0 Å². The number of aromatic nitrogens is 4. The number of hydrogen-bond donors (Lipinski definition) is 2. The van der Waals surface area contributed by atoms with Gasteiger partial charge < -0.3 is 11.1 Å². The van der Waals surface area contributed by atoms with E-state index in [1.165, 1.54) is 6.20 Å². The molecule has 0 aliphatic heterocycles. The fraction of sp³-hybridized carbons (Fsp3) is 0.200. The zero-order chi connectivity index (χ0) is 13.1. The van der Waals surface area contributed by atoms with E-state index >= 15 is 0 Å². The highest BCUT2D eigenvalue weighted by atomic mass is 35.5. The van der Waals surface area contributed by atoms with E-state index in [1.54, 1.807) is 6.92 Å². The first-order chi connectivity index (χ1) is 8.56. The number of halogens is 2.